The maximum Gasteiger partial charge on any atom is 0.206 e. The second kappa shape index (κ2) is 9.71. The van der Waals surface area contributed by atoms with E-state index >= 15 is 0 Å². The van der Waals surface area contributed by atoms with E-state index in [4.69, 9.17) is 4.74 Å². The molecule has 0 atom stereocenters. The Bertz CT molecular complexity index is 1020. The van der Waals surface area contributed by atoms with E-state index in [-0.39, 0.29) is 5.75 Å². The van der Waals surface area contributed by atoms with E-state index in [9.17, 15) is 5.11 Å². The van der Waals surface area contributed by atoms with Gasteiger partial charge in [0.2, 0.25) is 4.80 Å². The van der Waals surface area contributed by atoms with Crippen LogP contribution in [0.3, 0.4) is 0 Å². The fourth-order valence-electron chi connectivity index (χ4n) is 2.54. The Balaban J connectivity index is 1.96. The summed E-state index contributed by atoms with van der Waals surface area (Å²) in [4.78, 5) is 5.33. The van der Waals surface area contributed by atoms with Gasteiger partial charge < -0.3 is 9.84 Å². The lowest BCUT2D eigenvalue weighted by atomic mass is 10.2. The van der Waals surface area contributed by atoms with Crippen LogP contribution < -0.4 is 9.54 Å². The van der Waals surface area contributed by atoms with Gasteiger partial charge in [-0.15, -0.1) is 11.3 Å². The number of benzene rings is 2. The van der Waals surface area contributed by atoms with E-state index in [2.05, 4.69) is 26.0 Å². The van der Waals surface area contributed by atoms with Crippen LogP contribution in [0.15, 0.2) is 62.4 Å². The highest BCUT2D eigenvalue weighted by Crippen LogP contribution is 2.24. The monoisotopic (exact) mass is 459 g/mol. The third kappa shape index (κ3) is 4.91. The predicted octanol–water partition coefficient (Wildman–Crippen LogP) is 5.28. The molecule has 0 spiro atoms. The molecule has 0 aliphatic heterocycles. The summed E-state index contributed by atoms with van der Waals surface area (Å²) in [6.45, 7) is 5.33. The molecule has 0 aliphatic rings. The molecule has 1 heterocycles. The van der Waals surface area contributed by atoms with Crippen LogP contribution in [0.1, 0.15) is 25.8 Å². The van der Waals surface area contributed by atoms with Crippen LogP contribution in [0.25, 0.3) is 11.3 Å². The molecule has 28 heavy (non-hydrogen) atoms. The third-order valence-corrected chi connectivity index (χ3v) is 5.29. The number of thiazole rings is 1. The van der Waals surface area contributed by atoms with Gasteiger partial charge >= 0.3 is 0 Å². The smallest absolute Gasteiger partial charge is 0.206 e. The second-order valence-electron chi connectivity index (χ2n) is 6.01. The Morgan fingerprint density at radius 1 is 1.18 bits per heavy atom. The molecule has 0 bridgehead atoms. The molecule has 0 amide bonds. The quantitative estimate of drug-likeness (QED) is 0.488. The van der Waals surface area contributed by atoms with Gasteiger partial charge in [-0.05, 0) is 37.6 Å². The number of rotatable bonds is 7. The van der Waals surface area contributed by atoms with Crippen LogP contribution in [0.5, 0.6) is 11.5 Å². The van der Waals surface area contributed by atoms with Gasteiger partial charge in [0, 0.05) is 33.6 Å². The van der Waals surface area contributed by atoms with Crippen molar-refractivity contribution >= 4 is 33.5 Å². The first-order valence-electron chi connectivity index (χ1n) is 9.09. The molecule has 1 N–H and O–H groups in total. The van der Waals surface area contributed by atoms with Crippen LogP contribution in [-0.2, 0) is 0 Å². The number of aromatic nitrogens is 1. The van der Waals surface area contributed by atoms with E-state index in [0.717, 1.165) is 27.0 Å². The van der Waals surface area contributed by atoms with E-state index in [1.54, 1.807) is 23.0 Å². The first kappa shape index (κ1) is 20.4. The minimum atomic E-state index is 0.132. The SMILES string of the molecule is CCCOc1ccc(C=Nn2c(-c3ccc(Br)cc3)csc2=NCC)c(O)c1. The van der Waals surface area contributed by atoms with E-state index in [1.807, 2.05) is 49.6 Å². The average Bonchev–Trinajstić information content (AvgIpc) is 3.09. The molecule has 7 heteroatoms. The van der Waals surface area contributed by atoms with Gasteiger partial charge in [-0.3, -0.25) is 4.99 Å². The number of nitrogens with zero attached hydrogens (tertiary/aromatic N) is 3. The standard InChI is InChI=1S/C21H22BrN3O2S/c1-3-11-27-18-10-7-16(20(26)12-18)13-24-25-19(14-28-21(25)23-4-2)15-5-8-17(22)9-6-15/h5-10,12-14,26H,3-4,11H2,1-2H3. The number of ether oxygens (including phenoxy) is 1. The van der Waals surface area contributed by atoms with Gasteiger partial charge in [0.15, 0.2) is 0 Å². The molecule has 146 valence electrons. The zero-order chi connectivity index (χ0) is 19.9. The first-order valence-corrected chi connectivity index (χ1v) is 10.8. The molecular weight excluding hydrogens is 438 g/mol. The Labute approximate surface area is 176 Å². The highest BCUT2D eigenvalue weighted by molar-refractivity contribution is 9.10. The molecular formula is C21H22BrN3O2S. The largest absolute Gasteiger partial charge is 0.507 e. The Morgan fingerprint density at radius 3 is 2.64 bits per heavy atom. The van der Waals surface area contributed by atoms with Gasteiger partial charge in [-0.2, -0.15) is 5.10 Å². The first-order chi connectivity index (χ1) is 13.6. The Kier molecular flexibility index (Phi) is 7.06. The summed E-state index contributed by atoms with van der Waals surface area (Å²) in [6.07, 6.45) is 2.56. The number of phenolic OH excluding ortho intramolecular Hbond substituents is 1. The van der Waals surface area contributed by atoms with Gasteiger partial charge in [0.1, 0.15) is 11.5 Å². The van der Waals surface area contributed by atoms with Crippen molar-refractivity contribution in [3.8, 4) is 22.8 Å². The lowest BCUT2D eigenvalue weighted by Crippen LogP contribution is -2.12. The molecule has 3 aromatic rings. The Morgan fingerprint density at radius 2 is 1.96 bits per heavy atom. The molecule has 2 aromatic carbocycles. The van der Waals surface area contributed by atoms with Crippen LogP contribution in [0, 0.1) is 0 Å². The number of hydrogen-bond donors (Lipinski definition) is 1. The molecule has 0 radical (unpaired) electrons. The van der Waals surface area contributed by atoms with Crippen molar-refractivity contribution in [3.63, 3.8) is 0 Å². The fourth-order valence-corrected chi connectivity index (χ4v) is 3.70. The van der Waals surface area contributed by atoms with Gasteiger partial charge in [-0.1, -0.05) is 35.0 Å². The summed E-state index contributed by atoms with van der Waals surface area (Å²) in [7, 11) is 0. The van der Waals surface area contributed by atoms with Crippen molar-refractivity contribution in [3.05, 3.63) is 62.7 Å². The molecule has 0 saturated heterocycles. The van der Waals surface area contributed by atoms with E-state index in [1.165, 1.54) is 11.3 Å². The van der Waals surface area contributed by atoms with Gasteiger partial charge in [0.05, 0.1) is 18.5 Å². The van der Waals surface area contributed by atoms with E-state index in [0.29, 0.717) is 24.5 Å². The molecule has 1 aromatic heterocycles. The fraction of sp³-hybridized carbons (Fsp3) is 0.238. The van der Waals surface area contributed by atoms with E-state index < -0.39 is 0 Å². The predicted molar refractivity (Wildman–Crippen MR) is 118 cm³/mol. The molecule has 0 saturated carbocycles. The van der Waals surface area contributed by atoms with Gasteiger partial charge in [-0.25, -0.2) is 4.68 Å². The van der Waals surface area contributed by atoms with Crippen LogP contribution in [0.4, 0.5) is 0 Å². The summed E-state index contributed by atoms with van der Waals surface area (Å²) in [5.74, 6) is 0.782. The highest BCUT2D eigenvalue weighted by Gasteiger charge is 2.08. The minimum absolute atomic E-state index is 0.132. The normalized spacial score (nSPS) is 12.0. The van der Waals surface area contributed by atoms with Crippen molar-refractivity contribution in [1.82, 2.24) is 4.68 Å². The van der Waals surface area contributed by atoms with Crippen molar-refractivity contribution in [2.45, 2.75) is 20.3 Å². The van der Waals surface area contributed by atoms with Crippen LogP contribution >= 0.6 is 27.3 Å². The second-order valence-corrected chi connectivity index (χ2v) is 7.76. The number of halogens is 1. The number of phenols is 1. The topological polar surface area (TPSA) is 59.1 Å². The zero-order valence-corrected chi connectivity index (χ0v) is 18.2. The zero-order valence-electron chi connectivity index (χ0n) is 15.8. The molecule has 3 rings (SSSR count). The lowest BCUT2D eigenvalue weighted by molar-refractivity contribution is 0.315. The molecule has 0 aliphatic carbocycles. The maximum absolute atomic E-state index is 10.3. The van der Waals surface area contributed by atoms with Crippen LogP contribution in [0.2, 0.25) is 0 Å². The van der Waals surface area contributed by atoms with Crippen molar-refractivity contribution in [1.29, 1.82) is 0 Å². The summed E-state index contributed by atoms with van der Waals surface area (Å²) < 4.78 is 8.38. The molecule has 0 fully saturated rings. The van der Waals surface area contributed by atoms with Crippen molar-refractivity contribution in [2.75, 3.05) is 13.2 Å². The average molecular weight is 460 g/mol. The minimum Gasteiger partial charge on any atom is -0.507 e. The van der Waals surface area contributed by atoms with Crippen LogP contribution in [-0.4, -0.2) is 29.1 Å². The highest BCUT2D eigenvalue weighted by atomic mass is 79.9. The summed E-state index contributed by atoms with van der Waals surface area (Å²) in [5.41, 5.74) is 2.61. The summed E-state index contributed by atoms with van der Waals surface area (Å²) in [6, 6.07) is 13.3. The summed E-state index contributed by atoms with van der Waals surface area (Å²) in [5, 5.41) is 16.9. The van der Waals surface area contributed by atoms with Crippen molar-refractivity contribution in [2.24, 2.45) is 10.1 Å². The molecule has 5 nitrogen and oxygen atoms in total. The summed E-state index contributed by atoms with van der Waals surface area (Å²) >= 11 is 5.01. The maximum atomic E-state index is 10.3. The third-order valence-electron chi connectivity index (χ3n) is 3.91. The number of hydrogen-bond acceptors (Lipinski definition) is 5. The Hall–Kier alpha value is -2.38. The van der Waals surface area contributed by atoms with Gasteiger partial charge in [0.25, 0.3) is 0 Å². The number of aromatic hydroxyl groups is 1. The lowest BCUT2D eigenvalue weighted by Gasteiger charge is -2.07. The molecule has 0 unspecified atom stereocenters. The van der Waals surface area contributed by atoms with Crippen molar-refractivity contribution < 1.29 is 9.84 Å².